The Balaban J connectivity index is 1.44. The third-order valence-corrected chi connectivity index (χ3v) is 5.49. The maximum Gasteiger partial charge on any atom is 0.226 e. The van der Waals surface area contributed by atoms with Gasteiger partial charge in [-0.05, 0) is 54.3 Å². The predicted octanol–water partition coefficient (Wildman–Crippen LogP) is 4.26. The lowest BCUT2D eigenvalue weighted by molar-refractivity contribution is -0.140. The van der Waals surface area contributed by atoms with Crippen molar-refractivity contribution in [3.63, 3.8) is 0 Å². The van der Waals surface area contributed by atoms with Crippen LogP contribution in [0.2, 0.25) is 5.22 Å². The summed E-state index contributed by atoms with van der Waals surface area (Å²) in [7, 11) is 1.64. The van der Waals surface area contributed by atoms with Crippen molar-refractivity contribution in [2.45, 2.75) is 38.3 Å². The molecular formula is C21H23ClN2O4. The van der Waals surface area contributed by atoms with E-state index in [0.717, 1.165) is 30.6 Å². The Hall–Kier alpha value is -2.47. The molecule has 1 fully saturated rings. The van der Waals surface area contributed by atoms with Crippen molar-refractivity contribution in [2.75, 3.05) is 13.7 Å². The van der Waals surface area contributed by atoms with Crippen LogP contribution < -0.4 is 4.74 Å². The Bertz CT molecular complexity index is 875. The van der Waals surface area contributed by atoms with Crippen LogP contribution in [-0.4, -0.2) is 36.3 Å². The summed E-state index contributed by atoms with van der Waals surface area (Å²) in [5.41, 5.74) is 1.75. The average molecular weight is 403 g/mol. The first-order valence-electron chi connectivity index (χ1n) is 9.52. The van der Waals surface area contributed by atoms with E-state index in [1.807, 2.05) is 29.2 Å². The number of nitrogens with zero attached hydrogens (tertiary/aromatic N) is 2. The molecule has 1 aromatic heterocycles. The second-order valence-electron chi connectivity index (χ2n) is 7.27. The first-order chi connectivity index (χ1) is 13.6. The normalized spacial score (nSPS) is 18.9. The highest BCUT2D eigenvalue weighted by molar-refractivity contribution is 6.29. The zero-order chi connectivity index (χ0) is 19.5. The van der Waals surface area contributed by atoms with E-state index in [1.54, 1.807) is 19.2 Å². The molecule has 2 heterocycles. The van der Waals surface area contributed by atoms with Gasteiger partial charge in [-0.25, -0.2) is 0 Å². The van der Waals surface area contributed by atoms with E-state index < -0.39 is 0 Å². The molecule has 4 rings (SSSR count). The number of methoxy groups -OCH3 is 1. The molecule has 2 aliphatic rings. The quantitative estimate of drug-likeness (QED) is 0.694. The molecule has 0 radical (unpaired) electrons. The van der Waals surface area contributed by atoms with Crippen molar-refractivity contribution in [2.24, 2.45) is 11.1 Å². The van der Waals surface area contributed by atoms with E-state index in [2.05, 4.69) is 5.16 Å². The Kier molecular flexibility index (Phi) is 5.57. The second kappa shape index (κ2) is 8.27. The number of carbonyl (C=O) groups excluding carboxylic acids is 1. The SMILES string of the molecule is COc1cccc(CN(CC2CC(c3ccc(Cl)o3)=NO2)C(=O)C2CCC2)c1. The minimum Gasteiger partial charge on any atom is -0.497 e. The smallest absolute Gasteiger partial charge is 0.226 e. The van der Waals surface area contributed by atoms with Gasteiger partial charge in [-0.2, -0.15) is 0 Å². The van der Waals surface area contributed by atoms with E-state index in [9.17, 15) is 4.79 Å². The fourth-order valence-electron chi connectivity index (χ4n) is 3.52. The van der Waals surface area contributed by atoms with Crippen LogP contribution in [0.25, 0.3) is 0 Å². The van der Waals surface area contributed by atoms with Crippen molar-refractivity contribution < 1.29 is 18.8 Å². The van der Waals surface area contributed by atoms with E-state index in [1.165, 1.54) is 0 Å². The molecule has 0 spiro atoms. The van der Waals surface area contributed by atoms with E-state index in [4.69, 9.17) is 25.6 Å². The third-order valence-electron chi connectivity index (χ3n) is 5.29. The fourth-order valence-corrected chi connectivity index (χ4v) is 3.67. The van der Waals surface area contributed by atoms with Crippen molar-refractivity contribution in [1.29, 1.82) is 0 Å². The second-order valence-corrected chi connectivity index (χ2v) is 7.64. The minimum atomic E-state index is -0.200. The Morgan fingerprint density at radius 1 is 1.32 bits per heavy atom. The molecule has 1 atom stereocenters. The van der Waals surface area contributed by atoms with Crippen LogP contribution in [0.15, 0.2) is 46.0 Å². The van der Waals surface area contributed by atoms with Gasteiger partial charge in [0, 0.05) is 18.9 Å². The lowest BCUT2D eigenvalue weighted by atomic mass is 9.84. The molecule has 1 aromatic carbocycles. The summed E-state index contributed by atoms with van der Waals surface area (Å²) >= 11 is 5.85. The Morgan fingerprint density at radius 3 is 2.86 bits per heavy atom. The molecule has 1 saturated carbocycles. The van der Waals surface area contributed by atoms with Crippen LogP contribution in [-0.2, 0) is 16.2 Å². The lowest BCUT2D eigenvalue weighted by Gasteiger charge is -2.32. The van der Waals surface area contributed by atoms with Gasteiger partial charge >= 0.3 is 0 Å². The molecule has 1 aliphatic heterocycles. The molecule has 6 nitrogen and oxygen atoms in total. The largest absolute Gasteiger partial charge is 0.497 e. The molecule has 0 N–H and O–H groups in total. The first kappa shape index (κ1) is 18.9. The average Bonchev–Trinajstić information content (AvgIpc) is 3.28. The third kappa shape index (κ3) is 4.17. The summed E-state index contributed by atoms with van der Waals surface area (Å²) in [4.78, 5) is 20.5. The zero-order valence-corrected chi connectivity index (χ0v) is 16.5. The number of halogens is 1. The number of rotatable bonds is 7. The molecule has 1 amide bonds. The summed E-state index contributed by atoms with van der Waals surface area (Å²) in [6, 6.07) is 11.3. The fraction of sp³-hybridized carbons (Fsp3) is 0.429. The first-order valence-corrected chi connectivity index (χ1v) is 9.90. The topological polar surface area (TPSA) is 64.3 Å². The highest BCUT2D eigenvalue weighted by atomic mass is 35.5. The van der Waals surface area contributed by atoms with Crippen molar-refractivity contribution in [3.8, 4) is 5.75 Å². The Labute approximate surface area is 169 Å². The van der Waals surface area contributed by atoms with Crippen LogP contribution in [0.3, 0.4) is 0 Å². The van der Waals surface area contributed by atoms with Gasteiger partial charge < -0.3 is 18.9 Å². The van der Waals surface area contributed by atoms with Crippen LogP contribution in [0.1, 0.15) is 37.0 Å². The minimum absolute atomic E-state index is 0.122. The number of furan rings is 1. The van der Waals surface area contributed by atoms with Gasteiger partial charge in [0.25, 0.3) is 0 Å². The number of hydrogen-bond donors (Lipinski definition) is 0. The van der Waals surface area contributed by atoms with Gasteiger partial charge in [0.05, 0.1) is 13.7 Å². The number of benzene rings is 1. The zero-order valence-electron chi connectivity index (χ0n) is 15.8. The highest BCUT2D eigenvalue weighted by Gasteiger charge is 2.33. The number of amides is 1. The van der Waals surface area contributed by atoms with Crippen LogP contribution >= 0.6 is 11.6 Å². The molecule has 7 heteroatoms. The van der Waals surface area contributed by atoms with Gasteiger partial charge in [0.1, 0.15) is 11.5 Å². The van der Waals surface area contributed by atoms with Crippen molar-refractivity contribution in [1.82, 2.24) is 4.90 Å². The van der Waals surface area contributed by atoms with Gasteiger partial charge in [-0.1, -0.05) is 23.7 Å². The predicted molar refractivity (Wildman–Crippen MR) is 105 cm³/mol. The number of carbonyl (C=O) groups is 1. The summed E-state index contributed by atoms with van der Waals surface area (Å²) < 4.78 is 10.7. The number of ether oxygens (including phenoxy) is 1. The monoisotopic (exact) mass is 402 g/mol. The van der Waals surface area contributed by atoms with Crippen molar-refractivity contribution in [3.05, 3.63) is 52.9 Å². The molecular weight excluding hydrogens is 380 g/mol. The lowest BCUT2D eigenvalue weighted by Crippen LogP contribution is -2.42. The van der Waals surface area contributed by atoms with Gasteiger partial charge in [-0.3, -0.25) is 4.79 Å². The van der Waals surface area contributed by atoms with Crippen molar-refractivity contribution >= 4 is 23.2 Å². The maximum atomic E-state index is 13.0. The molecule has 1 unspecified atom stereocenters. The van der Waals surface area contributed by atoms with E-state index in [0.29, 0.717) is 36.2 Å². The number of hydrogen-bond acceptors (Lipinski definition) is 5. The molecule has 0 saturated heterocycles. The highest BCUT2D eigenvalue weighted by Crippen LogP contribution is 2.30. The van der Waals surface area contributed by atoms with E-state index in [-0.39, 0.29) is 17.9 Å². The maximum absolute atomic E-state index is 13.0. The molecule has 0 bridgehead atoms. The summed E-state index contributed by atoms with van der Waals surface area (Å²) in [5.74, 6) is 1.70. The molecule has 28 heavy (non-hydrogen) atoms. The van der Waals surface area contributed by atoms with Gasteiger partial charge in [-0.15, -0.1) is 0 Å². The molecule has 2 aromatic rings. The summed E-state index contributed by atoms with van der Waals surface area (Å²) in [5, 5.41) is 4.45. The van der Waals surface area contributed by atoms with Gasteiger partial charge in [0.2, 0.25) is 5.91 Å². The van der Waals surface area contributed by atoms with Crippen LogP contribution in [0, 0.1) is 5.92 Å². The summed E-state index contributed by atoms with van der Waals surface area (Å²) in [6.45, 7) is 1.00. The van der Waals surface area contributed by atoms with Crippen LogP contribution in [0.4, 0.5) is 0 Å². The molecule has 148 valence electrons. The number of oxime groups is 1. The Morgan fingerprint density at radius 2 is 2.18 bits per heavy atom. The molecule has 1 aliphatic carbocycles. The summed E-state index contributed by atoms with van der Waals surface area (Å²) in [6.07, 6.45) is 3.43. The van der Waals surface area contributed by atoms with E-state index >= 15 is 0 Å². The van der Waals surface area contributed by atoms with Crippen LogP contribution in [0.5, 0.6) is 5.75 Å². The van der Waals surface area contributed by atoms with Gasteiger partial charge in [0.15, 0.2) is 17.1 Å². The standard InChI is InChI=1S/C21H23ClN2O4/c1-26-16-7-2-4-14(10-16)12-24(21(25)15-5-3-6-15)13-17-11-18(23-28-17)19-8-9-20(22)27-19/h2,4,7-10,15,17H,3,5-6,11-13H2,1H3.